The van der Waals surface area contributed by atoms with Gasteiger partial charge in [-0.2, -0.15) is 5.26 Å². The fourth-order valence-corrected chi connectivity index (χ4v) is 5.89. The summed E-state index contributed by atoms with van der Waals surface area (Å²) in [4.78, 5) is 28.6. The summed E-state index contributed by atoms with van der Waals surface area (Å²) in [5.41, 5.74) is 0.904. The number of thiocarbonyl (C=S) groups is 1. The third-order valence-corrected chi connectivity index (χ3v) is 7.57. The second-order valence-electron chi connectivity index (χ2n) is 8.20. The van der Waals surface area contributed by atoms with Crippen molar-refractivity contribution in [2.45, 2.75) is 65.1 Å². The summed E-state index contributed by atoms with van der Waals surface area (Å²) in [6, 6.07) is 5.83. The summed E-state index contributed by atoms with van der Waals surface area (Å²) in [6.45, 7) is 4.33. The Bertz CT molecular complexity index is 1200. The molecule has 7 nitrogen and oxygen atoms in total. The number of nitrogens with zero attached hydrogens (tertiary/aromatic N) is 3. The summed E-state index contributed by atoms with van der Waals surface area (Å²) in [7, 11) is 0. The number of carbonyl (C=O) groups is 1. The van der Waals surface area contributed by atoms with Crippen LogP contribution < -0.4 is 10.9 Å². The third kappa shape index (κ3) is 4.50. The van der Waals surface area contributed by atoms with Crippen molar-refractivity contribution in [3.05, 3.63) is 56.1 Å². The van der Waals surface area contributed by atoms with Crippen LogP contribution in [0.3, 0.4) is 0 Å². The Morgan fingerprint density at radius 2 is 2.09 bits per heavy atom. The molecule has 0 spiro atoms. The highest BCUT2D eigenvalue weighted by atomic mass is 32.2. The summed E-state index contributed by atoms with van der Waals surface area (Å²) in [6.07, 6.45) is 8.70. The molecular formula is C24H26N4O3S2. The molecule has 2 aliphatic rings. The molecule has 9 heteroatoms. The highest BCUT2D eigenvalue weighted by Gasteiger charge is 2.37. The van der Waals surface area contributed by atoms with Gasteiger partial charge in [-0.1, -0.05) is 43.2 Å². The standard InChI is InChI=1S/C24H26N4O3S2/c1-3-27-21(26-14-17-10-7-11-31-17)18(15(2)19(13-25)22(27)29)12-20-23(30)28(24(32)33-20)16-8-5-4-6-9-16/h7,10-12,16,26H,3-6,8-9,14H2,1-2H3/b20-12-. The maximum Gasteiger partial charge on any atom is 0.270 e. The largest absolute Gasteiger partial charge is 0.467 e. The third-order valence-electron chi connectivity index (χ3n) is 6.24. The van der Waals surface area contributed by atoms with Gasteiger partial charge in [0.05, 0.1) is 17.7 Å². The van der Waals surface area contributed by atoms with Gasteiger partial charge < -0.3 is 9.73 Å². The maximum absolute atomic E-state index is 13.3. The smallest absolute Gasteiger partial charge is 0.270 e. The molecule has 0 atom stereocenters. The number of thioether (sulfide) groups is 1. The monoisotopic (exact) mass is 482 g/mol. The highest BCUT2D eigenvalue weighted by Crippen LogP contribution is 2.38. The van der Waals surface area contributed by atoms with Gasteiger partial charge in [0.25, 0.3) is 11.5 Å². The van der Waals surface area contributed by atoms with E-state index in [0.29, 0.717) is 45.0 Å². The van der Waals surface area contributed by atoms with Crippen LogP contribution in [0.25, 0.3) is 6.08 Å². The number of carbonyl (C=O) groups excluding carboxylic acids is 1. The minimum Gasteiger partial charge on any atom is -0.467 e. The molecule has 1 aliphatic heterocycles. The molecule has 0 bridgehead atoms. The van der Waals surface area contributed by atoms with Crippen molar-refractivity contribution in [3.63, 3.8) is 0 Å². The summed E-state index contributed by atoms with van der Waals surface area (Å²) in [5, 5.41) is 13.0. The minimum atomic E-state index is -0.355. The lowest BCUT2D eigenvalue weighted by atomic mass is 9.94. The van der Waals surface area contributed by atoms with Crippen molar-refractivity contribution in [2.24, 2.45) is 0 Å². The Balaban J connectivity index is 1.77. The molecule has 0 aromatic carbocycles. The van der Waals surface area contributed by atoms with Gasteiger partial charge in [-0.25, -0.2) is 0 Å². The van der Waals surface area contributed by atoms with Crippen molar-refractivity contribution in [3.8, 4) is 6.07 Å². The maximum atomic E-state index is 13.3. The molecule has 0 radical (unpaired) electrons. The first kappa shape index (κ1) is 23.3. The van der Waals surface area contributed by atoms with Crippen molar-refractivity contribution >= 4 is 46.1 Å². The molecule has 2 aromatic rings. The van der Waals surface area contributed by atoms with E-state index in [1.165, 1.54) is 22.7 Å². The van der Waals surface area contributed by atoms with E-state index in [9.17, 15) is 14.9 Å². The topological polar surface area (TPSA) is 91.3 Å². The quantitative estimate of drug-likeness (QED) is 0.468. The normalized spacial score (nSPS) is 18.2. The second kappa shape index (κ2) is 9.98. The van der Waals surface area contributed by atoms with Crippen LogP contribution in [-0.4, -0.2) is 25.7 Å². The van der Waals surface area contributed by atoms with Crippen LogP contribution in [0.1, 0.15) is 61.5 Å². The molecule has 0 unspecified atom stereocenters. The first-order valence-electron chi connectivity index (χ1n) is 11.2. The lowest BCUT2D eigenvalue weighted by Gasteiger charge is -2.29. The van der Waals surface area contributed by atoms with Crippen LogP contribution in [0.15, 0.2) is 32.5 Å². The van der Waals surface area contributed by atoms with Crippen LogP contribution in [0.2, 0.25) is 0 Å². The van der Waals surface area contributed by atoms with Gasteiger partial charge in [0.1, 0.15) is 27.5 Å². The van der Waals surface area contributed by atoms with Crippen molar-refractivity contribution in [1.82, 2.24) is 9.47 Å². The van der Waals surface area contributed by atoms with E-state index >= 15 is 0 Å². The SMILES string of the molecule is CCn1c(NCc2ccco2)c(/C=C2\SC(=S)N(C3CCCCC3)C2=O)c(C)c(C#N)c1=O. The van der Waals surface area contributed by atoms with Gasteiger partial charge >= 0.3 is 0 Å². The number of anilines is 1. The van der Waals surface area contributed by atoms with Crippen LogP contribution in [0, 0.1) is 18.3 Å². The van der Waals surface area contributed by atoms with Gasteiger partial charge in [-0.05, 0) is 50.5 Å². The van der Waals surface area contributed by atoms with Crippen LogP contribution in [0.4, 0.5) is 5.82 Å². The number of hydrogen-bond donors (Lipinski definition) is 1. The zero-order chi connectivity index (χ0) is 23.5. The van der Waals surface area contributed by atoms with Crippen molar-refractivity contribution in [2.75, 3.05) is 5.32 Å². The molecule has 33 heavy (non-hydrogen) atoms. The molecule has 2 aromatic heterocycles. The first-order valence-corrected chi connectivity index (χ1v) is 12.4. The molecule has 3 heterocycles. The average Bonchev–Trinajstić information content (AvgIpc) is 3.43. The fourth-order valence-electron chi connectivity index (χ4n) is 4.50. The van der Waals surface area contributed by atoms with E-state index in [2.05, 4.69) is 5.32 Å². The summed E-state index contributed by atoms with van der Waals surface area (Å²) >= 11 is 6.86. The Morgan fingerprint density at radius 3 is 2.73 bits per heavy atom. The molecule has 4 rings (SSSR count). The average molecular weight is 483 g/mol. The van der Waals surface area contributed by atoms with Crippen LogP contribution >= 0.6 is 24.0 Å². The summed E-state index contributed by atoms with van der Waals surface area (Å²) in [5.74, 6) is 1.17. The number of pyridine rings is 1. The Morgan fingerprint density at radius 1 is 1.33 bits per heavy atom. The number of aromatic nitrogens is 1. The predicted octanol–water partition coefficient (Wildman–Crippen LogP) is 4.79. The number of nitrogens with one attached hydrogen (secondary N) is 1. The molecule has 1 amide bonds. The number of hydrogen-bond acceptors (Lipinski definition) is 7. The number of amides is 1. The lowest BCUT2D eigenvalue weighted by Crippen LogP contribution is -2.39. The van der Waals surface area contributed by atoms with Gasteiger partial charge in [0, 0.05) is 18.2 Å². The first-order chi connectivity index (χ1) is 16.0. The lowest BCUT2D eigenvalue weighted by molar-refractivity contribution is -0.124. The molecule has 1 saturated carbocycles. The van der Waals surface area contributed by atoms with E-state index in [4.69, 9.17) is 16.6 Å². The van der Waals surface area contributed by atoms with Crippen LogP contribution in [-0.2, 0) is 17.9 Å². The second-order valence-corrected chi connectivity index (χ2v) is 9.88. The molecule has 1 N–H and O–H groups in total. The zero-order valence-electron chi connectivity index (χ0n) is 18.7. The number of nitriles is 1. The molecule has 1 aliphatic carbocycles. The predicted molar refractivity (Wildman–Crippen MR) is 134 cm³/mol. The highest BCUT2D eigenvalue weighted by molar-refractivity contribution is 8.26. The zero-order valence-corrected chi connectivity index (χ0v) is 20.4. The summed E-state index contributed by atoms with van der Waals surface area (Å²) < 4.78 is 7.52. The minimum absolute atomic E-state index is 0.0782. The van der Waals surface area contributed by atoms with E-state index in [1.807, 2.05) is 19.1 Å². The van der Waals surface area contributed by atoms with Crippen LogP contribution in [0.5, 0.6) is 0 Å². The molecular weight excluding hydrogens is 456 g/mol. The fraction of sp³-hybridized carbons (Fsp3) is 0.417. The van der Waals surface area contributed by atoms with E-state index < -0.39 is 0 Å². The van der Waals surface area contributed by atoms with E-state index in [0.717, 1.165) is 25.7 Å². The molecule has 1 saturated heterocycles. The number of rotatable bonds is 6. The van der Waals surface area contributed by atoms with Gasteiger partial charge in [0.2, 0.25) is 0 Å². The molecule has 172 valence electrons. The van der Waals surface area contributed by atoms with E-state index in [1.54, 1.807) is 30.2 Å². The van der Waals surface area contributed by atoms with Gasteiger partial charge in [-0.15, -0.1) is 0 Å². The van der Waals surface area contributed by atoms with E-state index in [-0.39, 0.29) is 23.1 Å². The molecule has 2 fully saturated rings. The van der Waals surface area contributed by atoms with Crippen molar-refractivity contribution in [1.29, 1.82) is 5.26 Å². The number of furan rings is 1. The Hall–Kier alpha value is -2.83. The van der Waals surface area contributed by atoms with Gasteiger partial charge in [0.15, 0.2) is 0 Å². The van der Waals surface area contributed by atoms with Gasteiger partial charge in [-0.3, -0.25) is 19.1 Å². The van der Waals surface area contributed by atoms with Crippen molar-refractivity contribution < 1.29 is 9.21 Å². The Labute approximate surface area is 202 Å². The Kier molecular flexibility index (Phi) is 7.05.